The molecule has 4 atom stereocenters. The van der Waals surface area contributed by atoms with Crippen molar-refractivity contribution in [2.75, 3.05) is 64.4 Å². The van der Waals surface area contributed by atoms with Crippen molar-refractivity contribution in [3.63, 3.8) is 0 Å². The van der Waals surface area contributed by atoms with Gasteiger partial charge in [-0.1, -0.05) is 66.9 Å². The van der Waals surface area contributed by atoms with E-state index >= 15 is 0 Å². The van der Waals surface area contributed by atoms with Gasteiger partial charge in [-0.3, -0.25) is 20.2 Å². The first-order valence-electron chi connectivity index (χ1n) is 24.0. The summed E-state index contributed by atoms with van der Waals surface area (Å²) in [5.74, 6) is 0.764. The molecule has 2 aromatic carbocycles. The Morgan fingerprint density at radius 3 is 1.33 bits per heavy atom. The minimum Gasteiger partial charge on any atom is -0.496 e. The molecular weight excluding hydrogens is 917 g/mol. The Morgan fingerprint density at radius 1 is 0.638 bits per heavy atom. The number of ether oxygens (including phenoxy) is 6. The highest BCUT2D eigenvalue weighted by Crippen LogP contribution is 2.40. The Balaban J connectivity index is 1.50. The molecule has 0 aliphatic carbocycles. The number of benzene rings is 2. The summed E-state index contributed by atoms with van der Waals surface area (Å²) in [6.45, 7) is 30.1. The molecule has 16 nitrogen and oxygen atoms in total. The lowest BCUT2D eigenvalue weighted by molar-refractivity contribution is 0.0135. The van der Waals surface area contributed by atoms with Crippen LogP contribution in [0.2, 0.25) is 26.2 Å². The Bertz CT molecular complexity index is 1930. The summed E-state index contributed by atoms with van der Waals surface area (Å²) in [7, 11) is 0.870. The molecule has 2 N–H and O–H groups in total. The van der Waals surface area contributed by atoms with Crippen LogP contribution in [0.3, 0.4) is 0 Å². The van der Waals surface area contributed by atoms with Crippen LogP contribution in [-0.4, -0.2) is 130 Å². The molecule has 4 amide bonds. The normalized spacial score (nSPS) is 17.0. The second kappa shape index (κ2) is 26.2. The third-order valence-electron chi connectivity index (χ3n) is 11.8. The molecule has 2 radical (unpaired) electrons. The fraction of sp³-hybridized carbons (Fsp3) is 0.608. The minimum absolute atomic E-state index is 0.00772. The van der Waals surface area contributed by atoms with E-state index in [2.05, 4.69) is 91.5 Å². The molecule has 2 aromatic rings. The third-order valence-corrected chi connectivity index (χ3v) is 13.2. The molecule has 0 spiro atoms. The summed E-state index contributed by atoms with van der Waals surface area (Å²) < 4.78 is 47.5. The number of carbonyl (C=O) groups is 4. The highest BCUT2D eigenvalue weighted by Gasteiger charge is 2.44. The molecule has 2 aliphatic rings. The number of hydrogen-bond donors (Lipinski definition) is 2. The number of unbranched alkanes of at least 4 members (excludes halogenated alkanes) is 2. The van der Waals surface area contributed by atoms with Gasteiger partial charge in [0.2, 0.25) is 18.1 Å². The van der Waals surface area contributed by atoms with Crippen LogP contribution >= 0.6 is 0 Å². The van der Waals surface area contributed by atoms with E-state index in [1.54, 1.807) is 24.3 Å². The number of carbonyl (C=O) groups excluding carboxylic acids is 4. The first-order chi connectivity index (χ1) is 32.6. The van der Waals surface area contributed by atoms with E-state index in [9.17, 15) is 19.2 Å². The Kier molecular flexibility index (Phi) is 21.5. The van der Waals surface area contributed by atoms with Crippen LogP contribution in [0.15, 0.2) is 49.6 Å². The molecule has 2 saturated heterocycles. The van der Waals surface area contributed by atoms with Crippen LogP contribution in [0.1, 0.15) is 107 Å². The van der Waals surface area contributed by atoms with Gasteiger partial charge >= 0.3 is 12.2 Å². The van der Waals surface area contributed by atoms with Gasteiger partial charge in [0.05, 0.1) is 74.2 Å². The molecule has 0 saturated carbocycles. The van der Waals surface area contributed by atoms with Gasteiger partial charge < -0.3 is 47.1 Å². The molecule has 18 heteroatoms. The van der Waals surface area contributed by atoms with Gasteiger partial charge in [0.1, 0.15) is 36.2 Å². The Morgan fingerprint density at radius 2 is 1.01 bits per heavy atom. The number of likely N-dealkylation sites (tertiary alicyclic amines) is 2. The molecule has 2 heterocycles. The smallest absolute Gasteiger partial charge is 0.412 e. The average molecular weight is 995 g/mol. The highest BCUT2D eigenvalue weighted by molar-refractivity contribution is 6.48. The maximum Gasteiger partial charge on any atom is 0.412 e. The number of amides is 4. The first kappa shape index (κ1) is 56.5. The van der Waals surface area contributed by atoms with Crippen molar-refractivity contribution in [1.29, 1.82) is 0 Å². The van der Waals surface area contributed by atoms with Gasteiger partial charge in [0, 0.05) is 25.2 Å². The summed E-state index contributed by atoms with van der Waals surface area (Å²) in [5.41, 5.74) is 0.665. The number of hydrogen-bond acceptors (Lipinski definition) is 12. The molecular formula is C51H78N4O12Si2. The van der Waals surface area contributed by atoms with Gasteiger partial charge in [-0.2, -0.15) is 0 Å². The van der Waals surface area contributed by atoms with Crippen LogP contribution in [0.25, 0.3) is 0 Å². The number of anilines is 2. The molecule has 69 heavy (non-hydrogen) atoms. The molecule has 3 unspecified atom stereocenters. The average Bonchev–Trinajstić information content (AvgIpc) is 3.98. The number of nitrogens with one attached hydrogen (secondary N) is 2. The van der Waals surface area contributed by atoms with Crippen molar-refractivity contribution in [2.24, 2.45) is 10.8 Å². The van der Waals surface area contributed by atoms with Crippen LogP contribution < -0.4 is 29.6 Å². The molecule has 2 fully saturated rings. The largest absolute Gasteiger partial charge is 0.496 e. The number of methoxy groups -OCH3 is 2. The zero-order valence-electron chi connectivity index (χ0n) is 43.2. The fourth-order valence-electron chi connectivity index (χ4n) is 8.74. The van der Waals surface area contributed by atoms with E-state index in [4.69, 9.17) is 37.3 Å². The summed E-state index contributed by atoms with van der Waals surface area (Å²) in [6.07, 6.45) is 6.32. The van der Waals surface area contributed by atoms with Gasteiger partial charge in [0.25, 0.3) is 11.8 Å². The van der Waals surface area contributed by atoms with E-state index in [0.29, 0.717) is 55.4 Å². The van der Waals surface area contributed by atoms with Crippen molar-refractivity contribution >= 4 is 53.5 Å². The van der Waals surface area contributed by atoms with Crippen molar-refractivity contribution in [2.45, 2.75) is 137 Å². The van der Waals surface area contributed by atoms with E-state index in [-0.39, 0.29) is 95.9 Å². The van der Waals surface area contributed by atoms with Crippen molar-refractivity contribution in [1.82, 2.24) is 9.80 Å². The predicted octanol–water partition coefficient (Wildman–Crippen LogP) is 10.4. The van der Waals surface area contributed by atoms with Gasteiger partial charge in [-0.25, -0.2) is 9.59 Å². The van der Waals surface area contributed by atoms with Crippen molar-refractivity contribution < 1.29 is 56.5 Å². The van der Waals surface area contributed by atoms with Gasteiger partial charge in [-0.05, 0) is 94.1 Å². The lowest BCUT2D eigenvalue weighted by Crippen LogP contribution is -2.50. The fourth-order valence-corrected chi connectivity index (χ4v) is 10.8. The lowest BCUT2D eigenvalue weighted by atomic mass is 9.83. The number of nitrogens with zero attached hydrogens (tertiary/aromatic N) is 2. The first-order valence-corrected chi connectivity index (χ1v) is 28.8. The molecule has 382 valence electrons. The summed E-state index contributed by atoms with van der Waals surface area (Å²) in [6, 6.07) is 6.13. The van der Waals surface area contributed by atoms with E-state index in [0.717, 1.165) is 25.7 Å². The van der Waals surface area contributed by atoms with E-state index in [1.807, 2.05) is 9.80 Å². The monoisotopic (exact) mass is 995 g/mol. The standard InChI is InChI=1S/C51H78N4O12Si2/c1-15-26-64-48(58)52-36-30-34(46(56)54-24-20-22-38(54)44(50(3,4)5)66-68(11)12)40(60-9)32-42(36)62-28-18-17-19-29-63-43-33-41(61-10)35(31-37(43)53-49(59)65-27-16-2)47(57)55-25-21-23-39(55)45(51(6,7)8)67-69(13)14/h15-16,30-33,38-39,44-45H,1-2,17-29H2,3-14H3,(H,52,58)(H,53,59)/t38-,39?,44?,45?/m0/s1. The summed E-state index contributed by atoms with van der Waals surface area (Å²) in [5, 5.41) is 5.50. The van der Waals surface area contributed by atoms with Crippen molar-refractivity contribution in [3.05, 3.63) is 60.7 Å². The quantitative estimate of drug-likeness (QED) is 0.0580. The minimum atomic E-state index is -1.06. The second-order valence-electron chi connectivity index (χ2n) is 19.9. The Hall–Kier alpha value is -5.05. The second-order valence-corrected chi connectivity index (χ2v) is 24.0. The van der Waals surface area contributed by atoms with Gasteiger partial charge in [0.15, 0.2) is 0 Å². The molecule has 0 aromatic heterocycles. The number of rotatable bonds is 24. The zero-order chi connectivity index (χ0) is 51.1. The van der Waals surface area contributed by atoms with E-state index in [1.165, 1.54) is 26.4 Å². The SMILES string of the molecule is C=CCOC(=O)Nc1cc(C(=O)N2CCCC2C(O[Si](C)C)C(C)(C)C)c(OC)cc1OCCCCCOc1cc(OC)c(C(=O)N2CCC[C@H]2C(O[Si](C)C)C(C)(C)C)cc1NC(=O)OCC=C. The van der Waals surface area contributed by atoms with Crippen molar-refractivity contribution in [3.8, 4) is 23.0 Å². The molecule has 4 rings (SSSR count). The molecule has 2 aliphatic heterocycles. The third kappa shape index (κ3) is 16.0. The van der Waals surface area contributed by atoms with Crippen LogP contribution in [0.5, 0.6) is 23.0 Å². The topological polar surface area (TPSA) is 173 Å². The molecule has 0 bridgehead atoms. The van der Waals surface area contributed by atoms with Crippen LogP contribution in [-0.2, 0) is 18.3 Å². The van der Waals surface area contributed by atoms with Gasteiger partial charge in [-0.15, -0.1) is 0 Å². The Labute approximate surface area is 414 Å². The highest BCUT2D eigenvalue weighted by atomic mass is 28.3. The maximum absolute atomic E-state index is 14.4. The van der Waals surface area contributed by atoms with Crippen LogP contribution in [0, 0.1) is 10.8 Å². The van der Waals surface area contributed by atoms with Crippen LogP contribution in [0.4, 0.5) is 21.0 Å². The van der Waals surface area contributed by atoms with E-state index < -0.39 is 30.3 Å². The summed E-state index contributed by atoms with van der Waals surface area (Å²) in [4.78, 5) is 58.3. The lowest BCUT2D eigenvalue weighted by Gasteiger charge is -2.40. The maximum atomic E-state index is 14.4. The predicted molar refractivity (Wildman–Crippen MR) is 273 cm³/mol. The summed E-state index contributed by atoms with van der Waals surface area (Å²) >= 11 is 0. The zero-order valence-corrected chi connectivity index (χ0v) is 45.2.